The summed E-state index contributed by atoms with van der Waals surface area (Å²) in [7, 11) is 1.67. The van der Waals surface area contributed by atoms with Gasteiger partial charge in [0.1, 0.15) is 6.04 Å². The highest BCUT2D eigenvalue weighted by Crippen LogP contribution is 2.20. The van der Waals surface area contributed by atoms with Crippen molar-refractivity contribution in [1.29, 1.82) is 0 Å². The van der Waals surface area contributed by atoms with E-state index < -0.39 is 11.0 Å². The molecule has 24 heavy (non-hydrogen) atoms. The van der Waals surface area contributed by atoms with Crippen molar-refractivity contribution in [2.45, 2.75) is 39.9 Å². The number of nitrogens with zero attached hydrogens (tertiary/aromatic N) is 6. The Labute approximate surface area is 147 Å². The molecular formula is C14H19BrN6O3. The minimum atomic E-state index is -0.643. The van der Waals surface area contributed by atoms with Gasteiger partial charge in [0, 0.05) is 19.8 Å². The molecule has 1 amide bonds. The van der Waals surface area contributed by atoms with E-state index in [2.05, 4.69) is 26.1 Å². The van der Waals surface area contributed by atoms with E-state index in [1.165, 1.54) is 15.6 Å². The van der Waals surface area contributed by atoms with Crippen LogP contribution in [0, 0.1) is 17.0 Å². The molecule has 0 N–H and O–H groups in total. The second kappa shape index (κ2) is 7.12. The molecule has 1 unspecified atom stereocenters. The van der Waals surface area contributed by atoms with Crippen LogP contribution in [0.2, 0.25) is 0 Å². The molecule has 0 fully saturated rings. The Morgan fingerprint density at radius 3 is 2.67 bits per heavy atom. The molecule has 10 heteroatoms. The third-order valence-corrected chi connectivity index (χ3v) is 4.36. The third kappa shape index (κ3) is 3.64. The average molecular weight is 399 g/mol. The molecule has 0 spiro atoms. The Balaban J connectivity index is 2.14. The van der Waals surface area contributed by atoms with Crippen LogP contribution in [0.25, 0.3) is 0 Å². The molecule has 0 aromatic carbocycles. The maximum Gasteiger partial charge on any atom is 0.390 e. The van der Waals surface area contributed by atoms with Crippen molar-refractivity contribution < 1.29 is 9.72 Å². The number of rotatable bonds is 6. The number of halogens is 1. The second-order valence-corrected chi connectivity index (χ2v) is 6.35. The lowest BCUT2D eigenvalue weighted by Gasteiger charge is -2.20. The standard InChI is InChI=1S/C14H19BrN6O3/c1-5-19-7-11(15)12(16-19)8-18(4)14(22)10(3)20-9(2)6-13(17-20)21(23)24/h6-7,10H,5,8H2,1-4H3. The molecule has 2 heterocycles. The van der Waals surface area contributed by atoms with Crippen molar-refractivity contribution in [2.75, 3.05) is 7.05 Å². The Morgan fingerprint density at radius 1 is 1.50 bits per heavy atom. The van der Waals surface area contributed by atoms with E-state index >= 15 is 0 Å². The lowest BCUT2D eigenvalue weighted by molar-refractivity contribution is -0.389. The van der Waals surface area contributed by atoms with Gasteiger partial charge in [0.05, 0.1) is 33.6 Å². The number of hydrogen-bond acceptors (Lipinski definition) is 5. The molecule has 0 aliphatic heterocycles. The predicted octanol–water partition coefficient (Wildman–Crippen LogP) is 2.30. The van der Waals surface area contributed by atoms with Gasteiger partial charge in [-0.1, -0.05) is 0 Å². The van der Waals surface area contributed by atoms with Crippen molar-refractivity contribution >= 4 is 27.7 Å². The van der Waals surface area contributed by atoms with Crippen LogP contribution < -0.4 is 0 Å². The van der Waals surface area contributed by atoms with Crippen molar-refractivity contribution in [1.82, 2.24) is 24.5 Å². The first-order valence-corrected chi connectivity index (χ1v) is 8.21. The van der Waals surface area contributed by atoms with E-state index in [0.29, 0.717) is 12.2 Å². The monoisotopic (exact) mass is 398 g/mol. The van der Waals surface area contributed by atoms with Crippen LogP contribution in [0.4, 0.5) is 5.82 Å². The van der Waals surface area contributed by atoms with E-state index in [0.717, 1.165) is 16.7 Å². The summed E-state index contributed by atoms with van der Waals surface area (Å²) in [5.74, 6) is -0.465. The summed E-state index contributed by atoms with van der Waals surface area (Å²) >= 11 is 3.43. The molecule has 0 aliphatic carbocycles. The van der Waals surface area contributed by atoms with E-state index in [1.54, 1.807) is 25.6 Å². The number of carbonyl (C=O) groups is 1. The summed E-state index contributed by atoms with van der Waals surface area (Å²) in [5.41, 5.74) is 1.32. The summed E-state index contributed by atoms with van der Waals surface area (Å²) < 4.78 is 3.99. The zero-order valence-corrected chi connectivity index (χ0v) is 15.5. The molecule has 9 nitrogen and oxygen atoms in total. The summed E-state index contributed by atoms with van der Waals surface area (Å²) in [6.07, 6.45) is 1.86. The molecule has 0 radical (unpaired) electrons. The Hall–Kier alpha value is -2.23. The molecule has 0 saturated heterocycles. The first kappa shape index (κ1) is 18.1. The van der Waals surface area contributed by atoms with Gasteiger partial charge in [-0.3, -0.25) is 9.48 Å². The van der Waals surface area contributed by atoms with Crippen LogP contribution in [0.5, 0.6) is 0 Å². The van der Waals surface area contributed by atoms with Crippen molar-refractivity contribution in [2.24, 2.45) is 0 Å². The summed E-state index contributed by atoms with van der Waals surface area (Å²) in [6, 6.07) is 0.708. The van der Waals surface area contributed by atoms with Gasteiger partial charge in [-0.2, -0.15) is 9.78 Å². The van der Waals surface area contributed by atoms with E-state index in [-0.39, 0.29) is 11.7 Å². The van der Waals surface area contributed by atoms with Crippen LogP contribution in [-0.2, 0) is 17.9 Å². The highest BCUT2D eigenvalue weighted by molar-refractivity contribution is 9.10. The maximum atomic E-state index is 12.6. The van der Waals surface area contributed by atoms with Crippen molar-refractivity contribution in [3.8, 4) is 0 Å². The second-order valence-electron chi connectivity index (χ2n) is 5.50. The highest BCUT2D eigenvalue weighted by Gasteiger charge is 2.27. The highest BCUT2D eigenvalue weighted by atomic mass is 79.9. The van der Waals surface area contributed by atoms with Gasteiger partial charge in [-0.15, -0.1) is 0 Å². The Kier molecular flexibility index (Phi) is 5.37. The van der Waals surface area contributed by atoms with Crippen LogP contribution in [0.1, 0.15) is 31.3 Å². The number of nitro groups is 1. The van der Waals surface area contributed by atoms with Crippen LogP contribution >= 0.6 is 15.9 Å². The fraction of sp³-hybridized carbons (Fsp3) is 0.500. The number of likely N-dealkylation sites (N-methyl/N-ethyl adjacent to an activating group) is 1. The summed E-state index contributed by atoms with van der Waals surface area (Å²) in [4.78, 5) is 24.4. The molecule has 1 atom stereocenters. The number of amides is 1. The smallest absolute Gasteiger partial charge is 0.358 e. The largest absolute Gasteiger partial charge is 0.390 e. The molecule has 0 aliphatic rings. The van der Waals surface area contributed by atoms with Gasteiger partial charge < -0.3 is 15.0 Å². The molecule has 130 valence electrons. The minimum Gasteiger partial charge on any atom is -0.358 e. The van der Waals surface area contributed by atoms with Crippen LogP contribution in [0.3, 0.4) is 0 Å². The van der Waals surface area contributed by atoms with Crippen LogP contribution in [-0.4, -0.2) is 42.3 Å². The first-order valence-electron chi connectivity index (χ1n) is 7.42. The summed E-state index contributed by atoms with van der Waals surface area (Å²) in [6.45, 7) is 6.40. The molecule has 2 aromatic rings. The quantitative estimate of drug-likeness (QED) is 0.548. The normalized spacial score (nSPS) is 12.2. The van der Waals surface area contributed by atoms with Gasteiger partial charge in [0.2, 0.25) is 5.91 Å². The van der Waals surface area contributed by atoms with E-state index in [9.17, 15) is 14.9 Å². The van der Waals surface area contributed by atoms with Crippen LogP contribution in [0.15, 0.2) is 16.7 Å². The van der Waals surface area contributed by atoms with Crippen molar-refractivity contribution in [3.63, 3.8) is 0 Å². The topological polar surface area (TPSA) is 99.1 Å². The molecular weight excluding hydrogens is 380 g/mol. The van der Waals surface area contributed by atoms with E-state index in [4.69, 9.17) is 0 Å². The SMILES string of the molecule is CCn1cc(Br)c(CN(C)C(=O)C(C)n2nc([N+](=O)[O-])cc2C)n1. The molecule has 2 aromatic heterocycles. The number of carbonyl (C=O) groups excluding carboxylic acids is 1. The van der Waals surface area contributed by atoms with Gasteiger partial charge in [-0.05, 0) is 41.6 Å². The zero-order valence-electron chi connectivity index (χ0n) is 13.9. The average Bonchev–Trinajstić information content (AvgIpc) is 3.09. The van der Waals surface area contributed by atoms with Gasteiger partial charge in [0.15, 0.2) is 0 Å². The molecule has 0 bridgehead atoms. The van der Waals surface area contributed by atoms with E-state index in [1.807, 2.05) is 13.1 Å². The fourth-order valence-electron chi connectivity index (χ4n) is 2.38. The first-order chi connectivity index (χ1) is 11.2. The van der Waals surface area contributed by atoms with Gasteiger partial charge >= 0.3 is 5.82 Å². The lowest BCUT2D eigenvalue weighted by atomic mass is 10.2. The maximum absolute atomic E-state index is 12.6. The fourth-order valence-corrected chi connectivity index (χ4v) is 2.83. The predicted molar refractivity (Wildman–Crippen MR) is 90.4 cm³/mol. The zero-order chi connectivity index (χ0) is 18.0. The number of aromatic nitrogens is 4. The third-order valence-electron chi connectivity index (χ3n) is 3.70. The summed E-state index contributed by atoms with van der Waals surface area (Å²) in [5, 5.41) is 19.1. The Morgan fingerprint density at radius 2 is 2.17 bits per heavy atom. The molecule has 2 rings (SSSR count). The molecule has 0 saturated carbocycles. The number of hydrogen-bond donors (Lipinski definition) is 0. The van der Waals surface area contributed by atoms with Crippen molar-refractivity contribution in [3.05, 3.63) is 38.2 Å². The minimum absolute atomic E-state index is 0.200. The lowest BCUT2D eigenvalue weighted by Crippen LogP contribution is -2.33. The van der Waals surface area contributed by atoms with Gasteiger partial charge in [-0.25, -0.2) is 0 Å². The Bertz CT molecular complexity index is 769. The van der Waals surface area contributed by atoms with Gasteiger partial charge in [0.25, 0.3) is 0 Å². The number of aryl methyl sites for hydroxylation is 2.